The predicted molar refractivity (Wildman–Crippen MR) is 125 cm³/mol. The highest BCUT2D eigenvalue weighted by molar-refractivity contribution is 6.00. The van der Waals surface area contributed by atoms with Crippen LogP contribution >= 0.6 is 0 Å². The Balaban J connectivity index is 1.89. The fraction of sp³-hybridized carbons (Fsp3) is 0.320. The quantitative estimate of drug-likeness (QED) is 0.404. The molecule has 6 heteroatoms. The van der Waals surface area contributed by atoms with E-state index in [0.29, 0.717) is 12.3 Å². The van der Waals surface area contributed by atoms with Crippen LogP contribution in [-0.4, -0.2) is 52.2 Å². The van der Waals surface area contributed by atoms with Crippen molar-refractivity contribution in [3.63, 3.8) is 0 Å². The Hall–Kier alpha value is -3.25. The van der Waals surface area contributed by atoms with Gasteiger partial charge in [0.05, 0.1) is 20.5 Å². The normalized spacial score (nSPS) is 11.7. The van der Waals surface area contributed by atoms with Gasteiger partial charge in [-0.05, 0) is 63.3 Å². The van der Waals surface area contributed by atoms with Crippen molar-refractivity contribution in [3.05, 3.63) is 54.3 Å². The van der Waals surface area contributed by atoms with Crippen LogP contribution in [-0.2, 0) is 4.79 Å². The number of rotatable bonds is 9. The third-order valence-corrected chi connectivity index (χ3v) is 5.15. The van der Waals surface area contributed by atoms with Crippen molar-refractivity contribution in [3.8, 4) is 22.6 Å². The van der Waals surface area contributed by atoms with Gasteiger partial charge >= 0.3 is 0 Å². The first-order chi connectivity index (χ1) is 14.9. The van der Waals surface area contributed by atoms with Gasteiger partial charge < -0.3 is 24.1 Å². The SMILES string of the molecule is COc1ccc(-c2coc3cc(OC)c(/C(C)=C/C(=O)NCCCN(C)C)cc23)cc1. The van der Waals surface area contributed by atoms with E-state index in [2.05, 4.69) is 10.2 Å². The lowest BCUT2D eigenvalue weighted by Gasteiger charge is -2.11. The van der Waals surface area contributed by atoms with Gasteiger partial charge in [-0.3, -0.25) is 4.79 Å². The molecule has 0 atom stereocenters. The van der Waals surface area contributed by atoms with E-state index in [0.717, 1.165) is 51.9 Å². The Morgan fingerprint density at radius 1 is 1.13 bits per heavy atom. The number of furan rings is 1. The molecule has 0 unspecified atom stereocenters. The Morgan fingerprint density at radius 2 is 1.87 bits per heavy atom. The summed E-state index contributed by atoms with van der Waals surface area (Å²) in [5, 5.41) is 3.90. The highest BCUT2D eigenvalue weighted by Crippen LogP contribution is 2.37. The van der Waals surface area contributed by atoms with Gasteiger partial charge in [0.1, 0.15) is 17.1 Å². The number of hydrogen-bond acceptors (Lipinski definition) is 5. The van der Waals surface area contributed by atoms with Crippen LogP contribution in [0.25, 0.3) is 27.7 Å². The molecule has 0 aliphatic rings. The molecule has 31 heavy (non-hydrogen) atoms. The van der Waals surface area contributed by atoms with Crippen molar-refractivity contribution in [2.75, 3.05) is 41.4 Å². The van der Waals surface area contributed by atoms with Gasteiger partial charge in [-0.2, -0.15) is 0 Å². The van der Waals surface area contributed by atoms with Gasteiger partial charge in [0.2, 0.25) is 5.91 Å². The maximum absolute atomic E-state index is 12.4. The third kappa shape index (κ3) is 5.47. The lowest BCUT2D eigenvalue weighted by Crippen LogP contribution is -2.25. The average molecular weight is 423 g/mol. The first kappa shape index (κ1) is 22.4. The van der Waals surface area contributed by atoms with Gasteiger partial charge in [0.25, 0.3) is 0 Å². The zero-order valence-corrected chi connectivity index (χ0v) is 18.8. The van der Waals surface area contributed by atoms with Crippen LogP contribution in [0.1, 0.15) is 18.9 Å². The molecular weight excluding hydrogens is 392 g/mol. The van der Waals surface area contributed by atoms with Crippen molar-refractivity contribution < 1.29 is 18.7 Å². The molecule has 6 nitrogen and oxygen atoms in total. The van der Waals surface area contributed by atoms with Gasteiger partial charge in [0, 0.05) is 35.2 Å². The highest BCUT2D eigenvalue weighted by atomic mass is 16.5. The minimum atomic E-state index is -0.110. The zero-order chi connectivity index (χ0) is 22.4. The van der Waals surface area contributed by atoms with Crippen LogP contribution in [0.5, 0.6) is 11.5 Å². The van der Waals surface area contributed by atoms with E-state index in [1.54, 1.807) is 26.6 Å². The molecule has 1 amide bonds. The fourth-order valence-corrected chi connectivity index (χ4v) is 3.46. The van der Waals surface area contributed by atoms with E-state index >= 15 is 0 Å². The highest BCUT2D eigenvalue weighted by Gasteiger charge is 2.15. The van der Waals surface area contributed by atoms with E-state index in [-0.39, 0.29) is 5.91 Å². The van der Waals surface area contributed by atoms with Gasteiger partial charge in [0.15, 0.2) is 0 Å². The predicted octanol–water partition coefficient (Wildman–Crippen LogP) is 4.59. The van der Waals surface area contributed by atoms with Gasteiger partial charge in [-0.25, -0.2) is 0 Å². The number of methoxy groups -OCH3 is 2. The Morgan fingerprint density at radius 3 is 2.52 bits per heavy atom. The molecule has 1 aromatic heterocycles. The molecule has 0 bridgehead atoms. The lowest BCUT2D eigenvalue weighted by molar-refractivity contribution is -0.116. The summed E-state index contributed by atoms with van der Waals surface area (Å²) in [6.45, 7) is 3.48. The van der Waals surface area contributed by atoms with E-state index in [4.69, 9.17) is 13.9 Å². The number of nitrogens with zero attached hydrogens (tertiary/aromatic N) is 1. The molecule has 0 fully saturated rings. The topological polar surface area (TPSA) is 63.9 Å². The largest absolute Gasteiger partial charge is 0.497 e. The van der Waals surface area contributed by atoms with Crippen LogP contribution in [0.15, 0.2) is 53.2 Å². The Bertz CT molecular complexity index is 1070. The molecular formula is C25H30N2O4. The smallest absolute Gasteiger partial charge is 0.244 e. The molecule has 2 aromatic carbocycles. The minimum absolute atomic E-state index is 0.110. The van der Waals surface area contributed by atoms with E-state index in [9.17, 15) is 4.79 Å². The Labute approximate surface area is 183 Å². The summed E-state index contributed by atoms with van der Waals surface area (Å²) in [6.07, 6.45) is 4.26. The summed E-state index contributed by atoms with van der Waals surface area (Å²) in [4.78, 5) is 14.5. The average Bonchev–Trinajstić information content (AvgIpc) is 3.18. The molecule has 1 N–H and O–H groups in total. The number of allylic oxidation sites excluding steroid dienone is 1. The van der Waals surface area contributed by atoms with Crippen LogP contribution in [0.4, 0.5) is 0 Å². The van der Waals surface area contributed by atoms with Gasteiger partial charge in [-0.15, -0.1) is 0 Å². The zero-order valence-electron chi connectivity index (χ0n) is 18.8. The second-order valence-electron chi connectivity index (χ2n) is 7.70. The van der Waals surface area contributed by atoms with E-state index < -0.39 is 0 Å². The van der Waals surface area contributed by atoms with Crippen molar-refractivity contribution in [1.29, 1.82) is 0 Å². The van der Waals surface area contributed by atoms with Crippen molar-refractivity contribution in [2.45, 2.75) is 13.3 Å². The van der Waals surface area contributed by atoms with Crippen molar-refractivity contribution in [2.24, 2.45) is 0 Å². The molecule has 0 radical (unpaired) electrons. The molecule has 0 saturated carbocycles. The number of nitrogens with one attached hydrogen (secondary N) is 1. The Kier molecular flexibility index (Phi) is 7.36. The van der Waals surface area contributed by atoms with Gasteiger partial charge in [-0.1, -0.05) is 12.1 Å². The molecule has 0 aliphatic carbocycles. The molecule has 3 aromatic rings. The van der Waals surface area contributed by atoms with Crippen LogP contribution in [0, 0.1) is 0 Å². The first-order valence-electron chi connectivity index (χ1n) is 10.3. The number of carbonyl (C=O) groups is 1. The monoisotopic (exact) mass is 422 g/mol. The summed E-state index contributed by atoms with van der Waals surface area (Å²) in [6, 6.07) is 11.7. The maximum Gasteiger partial charge on any atom is 0.244 e. The lowest BCUT2D eigenvalue weighted by atomic mass is 9.99. The summed E-state index contributed by atoms with van der Waals surface area (Å²) in [7, 11) is 7.30. The number of ether oxygens (including phenoxy) is 2. The summed E-state index contributed by atoms with van der Waals surface area (Å²) < 4.78 is 16.6. The second-order valence-corrected chi connectivity index (χ2v) is 7.70. The third-order valence-electron chi connectivity index (χ3n) is 5.15. The molecule has 0 spiro atoms. The molecule has 0 saturated heterocycles. The fourth-order valence-electron chi connectivity index (χ4n) is 3.46. The first-order valence-corrected chi connectivity index (χ1v) is 10.3. The second kappa shape index (κ2) is 10.2. The molecule has 1 heterocycles. The summed E-state index contributed by atoms with van der Waals surface area (Å²) in [5.74, 6) is 1.35. The minimum Gasteiger partial charge on any atom is -0.497 e. The van der Waals surface area contributed by atoms with E-state index in [1.165, 1.54) is 0 Å². The van der Waals surface area contributed by atoms with Crippen molar-refractivity contribution >= 4 is 22.4 Å². The van der Waals surface area contributed by atoms with E-state index in [1.807, 2.05) is 57.4 Å². The number of amides is 1. The maximum atomic E-state index is 12.4. The van der Waals surface area contributed by atoms with Crippen molar-refractivity contribution in [1.82, 2.24) is 10.2 Å². The number of fused-ring (bicyclic) bond motifs is 1. The standard InChI is InChI=1S/C25H30N2O4/c1-17(13-25(28)26-11-6-12-27(2)3)20-14-21-22(16-31-24(21)15-23(20)30-5)18-7-9-19(29-4)10-8-18/h7-10,13-16H,6,11-12H2,1-5H3,(H,26,28)/b17-13+. The summed E-state index contributed by atoms with van der Waals surface area (Å²) in [5.41, 5.74) is 4.41. The molecule has 164 valence electrons. The molecule has 3 rings (SSSR count). The number of carbonyl (C=O) groups excluding carboxylic acids is 1. The number of benzene rings is 2. The summed E-state index contributed by atoms with van der Waals surface area (Å²) >= 11 is 0. The van der Waals surface area contributed by atoms with Crippen LogP contribution in [0.2, 0.25) is 0 Å². The van der Waals surface area contributed by atoms with Crippen LogP contribution in [0.3, 0.4) is 0 Å². The number of hydrogen-bond donors (Lipinski definition) is 1. The molecule has 0 aliphatic heterocycles. The van der Waals surface area contributed by atoms with Crippen LogP contribution < -0.4 is 14.8 Å².